The molecule has 120 valence electrons. The van der Waals surface area contributed by atoms with Crippen molar-refractivity contribution in [1.29, 1.82) is 0 Å². The zero-order valence-electron chi connectivity index (χ0n) is 11.9. The Bertz CT molecular complexity index is 542. The lowest BCUT2D eigenvalue weighted by Crippen LogP contribution is -2.41. The van der Waals surface area contributed by atoms with Crippen molar-refractivity contribution in [2.75, 3.05) is 13.1 Å². The van der Waals surface area contributed by atoms with Gasteiger partial charge < -0.3 is 14.7 Å². The largest absolute Gasteiger partial charge is 0.481 e. The van der Waals surface area contributed by atoms with E-state index in [1.165, 1.54) is 6.07 Å². The molecule has 22 heavy (non-hydrogen) atoms. The first kappa shape index (κ1) is 16.2. The van der Waals surface area contributed by atoms with Crippen molar-refractivity contribution in [2.24, 2.45) is 5.92 Å². The monoisotopic (exact) mass is 313 g/mol. The van der Waals surface area contributed by atoms with Gasteiger partial charge >= 0.3 is 12.6 Å². The van der Waals surface area contributed by atoms with Crippen LogP contribution in [0.3, 0.4) is 0 Å². The summed E-state index contributed by atoms with van der Waals surface area (Å²) in [5, 5.41) is 8.93. The molecule has 1 heterocycles. The smallest absolute Gasteiger partial charge is 0.387 e. The van der Waals surface area contributed by atoms with Gasteiger partial charge in [-0.3, -0.25) is 9.59 Å². The lowest BCUT2D eigenvalue weighted by Gasteiger charge is -2.30. The summed E-state index contributed by atoms with van der Waals surface area (Å²) < 4.78 is 29.1. The maximum Gasteiger partial charge on any atom is 0.387 e. The number of amides is 1. The standard InChI is InChI=1S/C15H17F2NO4/c16-15(17)22-12-4-2-1-3-11(12)9-13(19)18-7-5-10(6-8-18)14(20)21/h1-4,10,15H,5-9H2,(H,20,21). The van der Waals surface area contributed by atoms with Crippen molar-refractivity contribution in [1.82, 2.24) is 4.90 Å². The maximum atomic E-state index is 12.3. The first-order chi connectivity index (χ1) is 10.5. The van der Waals surface area contributed by atoms with Gasteiger partial charge in [0.05, 0.1) is 12.3 Å². The summed E-state index contributed by atoms with van der Waals surface area (Å²) in [4.78, 5) is 24.7. The SMILES string of the molecule is O=C(O)C1CCN(C(=O)Cc2ccccc2OC(F)F)CC1. The number of nitrogens with zero attached hydrogens (tertiary/aromatic N) is 1. The van der Waals surface area contributed by atoms with E-state index in [1.807, 2.05) is 0 Å². The zero-order chi connectivity index (χ0) is 16.1. The molecule has 1 aliphatic rings. The van der Waals surface area contributed by atoms with E-state index in [4.69, 9.17) is 5.11 Å². The molecule has 0 atom stereocenters. The van der Waals surface area contributed by atoms with Gasteiger partial charge in [0.2, 0.25) is 5.91 Å². The number of carbonyl (C=O) groups excluding carboxylic acids is 1. The van der Waals surface area contributed by atoms with Crippen molar-refractivity contribution >= 4 is 11.9 Å². The number of likely N-dealkylation sites (tertiary alicyclic amines) is 1. The third-order valence-electron chi connectivity index (χ3n) is 3.73. The second kappa shape index (κ2) is 7.20. The number of carbonyl (C=O) groups is 2. The number of carboxylic acid groups (broad SMARTS) is 1. The predicted molar refractivity (Wildman–Crippen MR) is 73.7 cm³/mol. The molecule has 1 fully saturated rings. The fourth-order valence-corrected chi connectivity index (χ4v) is 2.51. The Labute approximate surface area is 126 Å². The molecule has 7 heteroatoms. The van der Waals surface area contributed by atoms with Gasteiger partial charge in [-0.05, 0) is 18.9 Å². The summed E-state index contributed by atoms with van der Waals surface area (Å²) in [7, 11) is 0. The molecule has 0 radical (unpaired) electrons. The minimum Gasteiger partial charge on any atom is -0.481 e. The Morgan fingerprint density at radius 1 is 1.27 bits per heavy atom. The summed E-state index contributed by atoms with van der Waals surface area (Å²) in [5.74, 6) is -1.48. The van der Waals surface area contributed by atoms with Crippen LogP contribution < -0.4 is 4.74 Å². The molecule has 0 bridgehead atoms. The highest BCUT2D eigenvalue weighted by atomic mass is 19.3. The highest BCUT2D eigenvalue weighted by Crippen LogP contribution is 2.23. The molecule has 1 aromatic carbocycles. The van der Waals surface area contributed by atoms with E-state index in [-0.39, 0.29) is 18.1 Å². The third kappa shape index (κ3) is 4.16. The molecular weight excluding hydrogens is 296 g/mol. The van der Waals surface area contributed by atoms with Gasteiger partial charge in [-0.2, -0.15) is 8.78 Å². The van der Waals surface area contributed by atoms with Crippen LogP contribution in [0, 0.1) is 5.92 Å². The van der Waals surface area contributed by atoms with E-state index in [9.17, 15) is 18.4 Å². The minimum atomic E-state index is -2.94. The van der Waals surface area contributed by atoms with Gasteiger partial charge in [-0.1, -0.05) is 18.2 Å². The molecule has 1 aromatic rings. The lowest BCUT2D eigenvalue weighted by molar-refractivity contribution is -0.145. The Kier molecular flexibility index (Phi) is 5.30. The third-order valence-corrected chi connectivity index (χ3v) is 3.73. The van der Waals surface area contributed by atoms with Crippen LogP contribution in [0.5, 0.6) is 5.75 Å². The van der Waals surface area contributed by atoms with Gasteiger partial charge in [-0.15, -0.1) is 0 Å². The molecule has 2 rings (SSSR count). The number of hydrogen-bond donors (Lipinski definition) is 1. The maximum absolute atomic E-state index is 12.3. The number of para-hydroxylation sites is 1. The molecule has 1 amide bonds. The number of hydrogen-bond acceptors (Lipinski definition) is 3. The van der Waals surface area contributed by atoms with Crippen LogP contribution in [0.1, 0.15) is 18.4 Å². The molecular formula is C15H17F2NO4. The van der Waals surface area contributed by atoms with Crippen LogP contribution >= 0.6 is 0 Å². The van der Waals surface area contributed by atoms with E-state index in [0.29, 0.717) is 31.5 Å². The van der Waals surface area contributed by atoms with Crippen LogP contribution in [0.25, 0.3) is 0 Å². The Morgan fingerprint density at radius 3 is 2.50 bits per heavy atom. The van der Waals surface area contributed by atoms with E-state index in [1.54, 1.807) is 23.1 Å². The Morgan fingerprint density at radius 2 is 1.91 bits per heavy atom. The number of carboxylic acids is 1. The molecule has 0 unspecified atom stereocenters. The highest BCUT2D eigenvalue weighted by molar-refractivity contribution is 5.80. The predicted octanol–water partition coefficient (Wildman–Crippen LogP) is 2.15. The first-order valence-electron chi connectivity index (χ1n) is 7.00. The molecule has 0 saturated carbocycles. The average molecular weight is 313 g/mol. The van der Waals surface area contributed by atoms with Crippen molar-refractivity contribution in [2.45, 2.75) is 25.9 Å². The second-order valence-electron chi connectivity index (χ2n) is 5.16. The zero-order valence-corrected chi connectivity index (χ0v) is 11.9. The fourth-order valence-electron chi connectivity index (χ4n) is 2.51. The van der Waals surface area contributed by atoms with Crippen molar-refractivity contribution in [3.8, 4) is 5.75 Å². The van der Waals surface area contributed by atoms with Crippen LogP contribution in [-0.4, -0.2) is 41.6 Å². The van der Waals surface area contributed by atoms with Crippen LogP contribution in [-0.2, 0) is 16.0 Å². The first-order valence-corrected chi connectivity index (χ1v) is 7.00. The number of halogens is 2. The number of piperidine rings is 1. The summed E-state index contributed by atoms with van der Waals surface area (Å²) in [6.45, 7) is -2.20. The average Bonchev–Trinajstić information content (AvgIpc) is 2.48. The van der Waals surface area contributed by atoms with Gasteiger partial charge in [0.1, 0.15) is 5.75 Å². The van der Waals surface area contributed by atoms with Gasteiger partial charge in [0.25, 0.3) is 0 Å². The Balaban J connectivity index is 1.97. The quantitative estimate of drug-likeness (QED) is 0.904. The summed E-state index contributed by atoms with van der Waals surface area (Å²) in [5.41, 5.74) is 0.396. The molecule has 0 aliphatic carbocycles. The van der Waals surface area contributed by atoms with Crippen molar-refractivity contribution < 1.29 is 28.2 Å². The van der Waals surface area contributed by atoms with E-state index in [2.05, 4.69) is 4.74 Å². The van der Waals surface area contributed by atoms with Gasteiger partial charge in [0, 0.05) is 18.7 Å². The normalized spacial score (nSPS) is 15.9. The van der Waals surface area contributed by atoms with Crippen molar-refractivity contribution in [3.05, 3.63) is 29.8 Å². The van der Waals surface area contributed by atoms with E-state index in [0.717, 1.165) is 0 Å². The lowest BCUT2D eigenvalue weighted by atomic mass is 9.96. The number of benzene rings is 1. The number of ether oxygens (including phenoxy) is 1. The van der Waals surface area contributed by atoms with Crippen LogP contribution in [0.2, 0.25) is 0 Å². The van der Waals surface area contributed by atoms with Gasteiger partial charge in [0.15, 0.2) is 0 Å². The summed E-state index contributed by atoms with van der Waals surface area (Å²) in [6, 6.07) is 6.17. The Hall–Kier alpha value is -2.18. The second-order valence-corrected chi connectivity index (χ2v) is 5.16. The summed E-state index contributed by atoms with van der Waals surface area (Å²) in [6.07, 6.45) is 0.785. The van der Waals surface area contributed by atoms with Crippen LogP contribution in [0.15, 0.2) is 24.3 Å². The minimum absolute atomic E-state index is 0.00808. The van der Waals surface area contributed by atoms with Crippen LogP contribution in [0.4, 0.5) is 8.78 Å². The molecule has 1 aliphatic heterocycles. The number of rotatable bonds is 5. The number of aliphatic carboxylic acids is 1. The molecule has 1 saturated heterocycles. The van der Waals surface area contributed by atoms with E-state index < -0.39 is 18.5 Å². The summed E-state index contributed by atoms with van der Waals surface area (Å²) >= 11 is 0. The van der Waals surface area contributed by atoms with Crippen molar-refractivity contribution in [3.63, 3.8) is 0 Å². The van der Waals surface area contributed by atoms with Gasteiger partial charge in [-0.25, -0.2) is 0 Å². The fraction of sp³-hybridized carbons (Fsp3) is 0.467. The molecule has 0 spiro atoms. The number of alkyl halides is 2. The topological polar surface area (TPSA) is 66.8 Å². The molecule has 1 N–H and O–H groups in total. The highest BCUT2D eigenvalue weighted by Gasteiger charge is 2.27. The van der Waals surface area contributed by atoms with E-state index >= 15 is 0 Å². The molecule has 5 nitrogen and oxygen atoms in total. The molecule has 0 aromatic heterocycles.